The van der Waals surface area contributed by atoms with E-state index in [4.69, 9.17) is 4.74 Å². The Hall–Kier alpha value is -0.130. The van der Waals surface area contributed by atoms with Crippen LogP contribution >= 0.6 is 0 Å². The summed E-state index contributed by atoms with van der Waals surface area (Å²) in [7, 11) is 0.532. The Morgan fingerprint density at radius 3 is 2.36 bits per heavy atom. The third kappa shape index (κ3) is 6.34. The second-order valence-corrected chi connectivity index (χ2v) is 5.93. The van der Waals surface area contributed by atoms with Gasteiger partial charge < -0.3 is 10.1 Å². The van der Waals surface area contributed by atoms with Crippen LogP contribution in [0.25, 0.3) is 0 Å². The highest BCUT2D eigenvalue weighted by Gasteiger charge is 2.19. The maximum atomic E-state index is 11.1. The molecule has 0 radical (unpaired) electrons. The molecule has 86 valence electrons. The van der Waals surface area contributed by atoms with E-state index in [1.165, 1.54) is 6.26 Å². The lowest BCUT2D eigenvalue weighted by molar-refractivity contribution is 0.173. The highest BCUT2D eigenvalue weighted by molar-refractivity contribution is 7.90. The standard InChI is InChI=1S/C9H21NO3S/c1-8(5-6-13-3)9(10-2)7-14(4,11)12/h8-10H,5-7H2,1-4H3. The van der Waals surface area contributed by atoms with Crippen LogP contribution in [-0.2, 0) is 14.6 Å². The molecule has 2 atom stereocenters. The molecule has 0 aliphatic heterocycles. The Bertz CT molecular complexity index is 238. The maximum Gasteiger partial charge on any atom is 0.148 e. The normalized spacial score (nSPS) is 16.6. The third-order valence-corrected chi connectivity index (χ3v) is 3.28. The van der Waals surface area contributed by atoms with E-state index in [1.807, 2.05) is 6.92 Å². The van der Waals surface area contributed by atoms with Crippen molar-refractivity contribution < 1.29 is 13.2 Å². The van der Waals surface area contributed by atoms with Crippen molar-refractivity contribution in [1.82, 2.24) is 5.32 Å². The van der Waals surface area contributed by atoms with Crippen molar-refractivity contribution in [1.29, 1.82) is 0 Å². The van der Waals surface area contributed by atoms with Gasteiger partial charge in [0, 0.05) is 26.0 Å². The lowest BCUT2D eigenvalue weighted by Crippen LogP contribution is -2.38. The van der Waals surface area contributed by atoms with Crippen molar-refractivity contribution in [3.05, 3.63) is 0 Å². The molecule has 0 aliphatic carbocycles. The van der Waals surface area contributed by atoms with Gasteiger partial charge in [-0.25, -0.2) is 8.42 Å². The predicted molar refractivity (Wildman–Crippen MR) is 58.2 cm³/mol. The van der Waals surface area contributed by atoms with E-state index in [1.54, 1.807) is 14.2 Å². The van der Waals surface area contributed by atoms with Gasteiger partial charge in [0.15, 0.2) is 0 Å². The average Bonchev–Trinajstić information content (AvgIpc) is 2.08. The van der Waals surface area contributed by atoms with Gasteiger partial charge in [-0.3, -0.25) is 0 Å². The minimum atomic E-state index is -2.91. The van der Waals surface area contributed by atoms with Gasteiger partial charge in [0.1, 0.15) is 9.84 Å². The Morgan fingerprint density at radius 1 is 1.43 bits per heavy atom. The quantitative estimate of drug-likeness (QED) is 0.674. The van der Waals surface area contributed by atoms with Crippen molar-refractivity contribution >= 4 is 9.84 Å². The van der Waals surface area contributed by atoms with E-state index in [9.17, 15) is 8.42 Å². The first-order chi connectivity index (χ1) is 6.40. The molecule has 0 saturated carbocycles. The molecule has 0 aliphatic rings. The van der Waals surface area contributed by atoms with Gasteiger partial charge in [0.2, 0.25) is 0 Å². The molecule has 0 bridgehead atoms. The SMILES string of the molecule is CNC(CS(C)(=O)=O)C(C)CCOC. The Kier molecular flexibility index (Phi) is 6.31. The minimum absolute atomic E-state index is 0.0140. The molecule has 0 fully saturated rings. The van der Waals surface area contributed by atoms with Crippen LogP contribution in [0.3, 0.4) is 0 Å². The molecule has 4 nitrogen and oxygen atoms in total. The fourth-order valence-corrected chi connectivity index (χ4v) is 2.51. The molecule has 0 aromatic carbocycles. The topological polar surface area (TPSA) is 55.4 Å². The second kappa shape index (κ2) is 6.37. The first kappa shape index (κ1) is 13.9. The van der Waals surface area contributed by atoms with E-state index in [0.29, 0.717) is 12.5 Å². The number of hydrogen-bond acceptors (Lipinski definition) is 4. The Morgan fingerprint density at radius 2 is 2.00 bits per heavy atom. The molecule has 0 spiro atoms. The van der Waals surface area contributed by atoms with Gasteiger partial charge in [0.25, 0.3) is 0 Å². The molecule has 0 amide bonds. The molecule has 0 aromatic rings. The van der Waals surface area contributed by atoms with Crippen molar-refractivity contribution in [2.45, 2.75) is 19.4 Å². The molecule has 0 heterocycles. The zero-order valence-electron chi connectivity index (χ0n) is 9.41. The van der Waals surface area contributed by atoms with Crippen LogP contribution in [0.15, 0.2) is 0 Å². The number of hydrogen-bond donors (Lipinski definition) is 1. The van der Waals surface area contributed by atoms with Gasteiger partial charge in [-0.15, -0.1) is 0 Å². The van der Waals surface area contributed by atoms with Crippen molar-refractivity contribution in [3.8, 4) is 0 Å². The molecular weight excluding hydrogens is 202 g/mol. The predicted octanol–water partition coefficient (Wildman–Crippen LogP) is 0.292. The van der Waals surface area contributed by atoms with Crippen LogP contribution < -0.4 is 5.32 Å². The summed E-state index contributed by atoms with van der Waals surface area (Å²) >= 11 is 0. The molecule has 1 N–H and O–H groups in total. The molecule has 0 rings (SSSR count). The average molecular weight is 223 g/mol. The fourth-order valence-electron chi connectivity index (χ4n) is 1.36. The number of ether oxygens (including phenoxy) is 1. The summed E-state index contributed by atoms with van der Waals surface area (Å²) in [5, 5.41) is 3.03. The molecule has 0 aromatic heterocycles. The lowest BCUT2D eigenvalue weighted by atomic mass is 10.0. The van der Waals surface area contributed by atoms with Crippen LogP contribution in [0, 0.1) is 5.92 Å². The van der Waals surface area contributed by atoms with Crippen molar-refractivity contribution in [2.75, 3.05) is 32.8 Å². The monoisotopic (exact) mass is 223 g/mol. The molecule has 14 heavy (non-hydrogen) atoms. The van der Waals surface area contributed by atoms with E-state index >= 15 is 0 Å². The van der Waals surface area contributed by atoms with Gasteiger partial charge in [0.05, 0.1) is 5.75 Å². The van der Waals surface area contributed by atoms with Gasteiger partial charge in [-0.05, 0) is 19.4 Å². The highest BCUT2D eigenvalue weighted by atomic mass is 32.2. The summed E-state index contributed by atoms with van der Waals surface area (Å²) in [5.41, 5.74) is 0. The largest absolute Gasteiger partial charge is 0.385 e. The van der Waals surface area contributed by atoms with E-state index in [2.05, 4.69) is 5.32 Å². The van der Waals surface area contributed by atoms with E-state index < -0.39 is 9.84 Å². The first-order valence-electron chi connectivity index (χ1n) is 4.74. The maximum absolute atomic E-state index is 11.1. The summed E-state index contributed by atoms with van der Waals surface area (Å²) in [5.74, 6) is 0.489. The van der Waals surface area contributed by atoms with Gasteiger partial charge in [-0.2, -0.15) is 0 Å². The zero-order chi connectivity index (χ0) is 11.2. The number of nitrogens with one attached hydrogen (secondary N) is 1. The highest BCUT2D eigenvalue weighted by Crippen LogP contribution is 2.09. The zero-order valence-corrected chi connectivity index (χ0v) is 10.2. The minimum Gasteiger partial charge on any atom is -0.385 e. The van der Waals surface area contributed by atoms with Crippen LogP contribution in [0.1, 0.15) is 13.3 Å². The molecule has 0 saturated heterocycles. The summed E-state index contributed by atoms with van der Waals surface area (Å²) in [6, 6.07) is 0.0140. The number of rotatable bonds is 7. The second-order valence-electron chi connectivity index (χ2n) is 3.75. The van der Waals surface area contributed by atoms with Gasteiger partial charge >= 0.3 is 0 Å². The lowest BCUT2D eigenvalue weighted by Gasteiger charge is -2.22. The molecular formula is C9H21NO3S. The molecule has 5 heteroatoms. The number of methoxy groups -OCH3 is 1. The summed E-state index contributed by atoms with van der Waals surface area (Å²) in [6.07, 6.45) is 2.14. The molecule has 2 unspecified atom stereocenters. The summed E-state index contributed by atoms with van der Waals surface area (Å²) in [4.78, 5) is 0. The third-order valence-electron chi connectivity index (χ3n) is 2.32. The van der Waals surface area contributed by atoms with E-state index in [0.717, 1.165) is 6.42 Å². The first-order valence-corrected chi connectivity index (χ1v) is 6.80. The van der Waals surface area contributed by atoms with Crippen molar-refractivity contribution in [2.24, 2.45) is 5.92 Å². The van der Waals surface area contributed by atoms with E-state index in [-0.39, 0.29) is 11.8 Å². The smallest absolute Gasteiger partial charge is 0.148 e. The summed E-state index contributed by atoms with van der Waals surface area (Å²) < 4.78 is 27.2. The van der Waals surface area contributed by atoms with Crippen molar-refractivity contribution in [3.63, 3.8) is 0 Å². The Labute approximate surface area is 86.9 Å². The van der Waals surface area contributed by atoms with Crippen LogP contribution in [0.4, 0.5) is 0 Å². The van der Waals surface area contributed by atoms with Crippen LogP contribution in [-0.4, -0.2) is 47.2 Å². The Balaban J connectivity index is 4.12. The summed E-state index contributed by atoms with van der Waals surface area (Å²) in [6.45, 7) is 2.70. The van der Waals surface area contributed by atoms with Crippen LogP contribution in [0.5, 0.6) is 0 Å². The number of sulfone groups is 1. The van der Waals surface area contributed by atoms with Crippen LogP contribution in [0.2, 0.25) is 0 Å². The fraction of sp³-hybridized carbons (Fsp3) is 1.00. The van der Waals surface area contributed by atoms with Gasteiger partial charge in [-0.1, -0.05) is 6.92 Å².